The minimum atomic E-state index is -0.556. The highest BCUT2D eigenvalue weighted by Gasteiger charge is 2.33. The molecular formula is C42H58ClN5O7. The van der Waals surface area contributed by atoms with Gasteiger partial charge in [-0.2, -0.15) is 0 Å². The van der Waals surface area contributed by atoms with E-state index in [4.69, 9.17) is 25.8 Å². The molecule has 2 aromatic rings. The Kier molecular flexibility index (Phi) is 12.4. The normalized spacial score (nSPS) is 20.1. The van der Waals surface area contributed by atoms with Gasteiger partial charge in [0.25, 0.3) is 11.8 Å². The largest absolute Gasteiger partial charge is 0.488 e. The van der Waals surface area contributed by atoms with Crippen molar-refractivity contribution in [3.05, 3.63) is 58.1 Å². The molecule has 55 heavy (non-hydrogen) atoms. The van der Waals surface area contributed by atoms with E-state index in [0.29, 0.717) is 87.5 Å². The van der Waals surface area contributed by atoms with Crippen LogP contribution in [-0.4, -0.2) is 126 Å². The Hall–Kier alpha value is -4.19. The summed E-state index contributed by atoms with van der Waals surface area (Å²) in [5.41, 5.74) is 1.92. The lowest BCUT2D eigenvalue weighted by Crippen LogP contribution is -2.51. The average molecular weight is 780 g/mol. The first-order valence-electron chi connectivity index (χ1n) is 19.9. The standard InChI is InChI=1S/C42H58ClN5O7/c1-41(2,3)54-39(51)47-22-16-44(17-23-47)33-25-31(24-32(43)27-33)38(50)46-20-18-45(19-21-46)37(49)30-12-13-36(35(26-30)29-10-8-7-9-11-29)53-34-14-15-48(28-34)40(52)55-42(4,5)6/h12-13,24-27,29,34H,7-11,14-23,28H2,1-6H3/t34-/m0/s1. The summed E-state index contributed by atoms with van der Waals surface area (Å²) in [5.74, 6) is 0.927. The third kappa shape index (κ3) is 10.6. The molecule has 1 atom stereocenters. The number of rotatable bonds is 6. The third-order valence-electron chi connectivity index (χ3n) is 10.7. The summed E-state index contributed by atoms with van der Waals surface area (Å²) in [7, 11) is 0. The van der Waals surface area contributed by atoms with Crippen molar-refractivity contribution >= 4 is 41.3 Å². The van der Waals surface area contributed by atoms with Crippen LogP contribution < -0.4 is 9.64 Å². The van der Waals surface area contributed by atoms with E-state index in [1.54, 1.807) is 20.8 Å². The van der Waals surface area contributed by atoms with E-state index in [0.717, 1.165) is 49.1 Å². The van der Waals surface area contributed by atoms with Gasteiger partial charge >= 0.3 is 12.2 Å². The van der Waals surface area contributed by atoms with Crippen LogP contribution in [-0.2, 0) is 9.47 Å². The van der Waals surface area contributed by atoms with E-state index in [1.165, 1.54) is 6.42 Å². The maximum Gasteiger partial charge on any atom is 0.410 e. The summed E-state index contributed by atoms with van der Waals surface area (Å²) in [6, 6.07) is 11.2. The zero-order chi connectivity index (χ0) is 39.5. The molecule has 1 saturated carbocycles. The summed E-state index contributed by atoms with van der Waals surface area (Å²) in [6.45, 7) is 16.1. The van der Waals surface area contributed by atoms with Crippen molar-refractivity contribution in [3.8, 4) is 5.75 Å². The number of likely N-dealkylation sites (tertiary alicyclic amines) is 1. The second-order valence-electron chi connectivity index (χ2n) is 17.3. The van der Waals surface area contributed by atoms with E-state index < -0.39 is 11.2 Å². The molecule has 3 aliphatic heterocycles. The van der Waals surface area contributed by atoms with Crippen LogP contribution >= 0.6 is 11.6 Å². The number of amides is 4. The number of benzene rings is 2. The van der Waals surface area contributed by atoms with E-state index in [9.17, 15) is 19.2 Å². The lowest BCUT2D eigenvalue weighted by Gasteiger charge is -2.37. The Bertz CT molecular complexity index is 1720. The van der Waals surface area contributed by atoms with Crippen LogP contribution in [0.1, 0.15) is 112 Å². The average Bonchev–Trinajstić information content (AvgIpc) is 3.62. The smallest absolute Gasteiger partial charge is 0.410 e. The van der Waals surface area contributed by atoms with Crippen molar-refractivity contribution in [3.63, 3.8) is 0 Å². The highest BCUT2D eigenvalue weighted by molar-refractivity contribution is 6.31. The highest BCUT2D eigenvalue weighted by Crippen LogP contribution is 2.39. The number of hydrogen-bond acceptors (Lipinski definition) is 8. The van der Waals surface area contributed by atoms with Crippen LogP contribution in [0, 0.1) is 0 Å². The molecule has 4 aliphatic rings. The van der Waals surface area contributed by atoms with Crippen LogP contribution in [0.15, 0.2) is 36.4 Å². The number of anilines is 1. The van der Waals surface area contributed by atoms with Crippen molar-refractivity contribution in [1.29, 1.82) is 0 Å². The maximum atomic E-state index is 13.9. The molecule has 0 N–H and O–H groups in total. The first-order chi connectivity index (χ1) is 26.0. The molecule has 0 unspecified atom stereocenters. The topological polar surface area (TPSA) is 112 Å². The van der Waals surface area contributed by atoms with E-state index in [2.05, 4.69) is 4.90 Å². The predicted molar refractivity (Wildman–Crippen MR) is 212 cm³/mol. The van der Waals surface area contributed by atoms with Crippen molar-refractivity contribution < 1.29 is 33.4 Å². The van der Waals surface area contributed by atoms with E-state index in [1.807, 2.05) is 76.8 Å². The van der Waals surface area contributed by atoms with Crippen molar-refractivity contribution in [2.45, 2.75) is 103 Å². The molecular weight excluding hydrogens is 722 g/mol. The van der Waals surface area contributed by atoms with Gasteiger partial charge in [-0.3, -0.25) is 9.59 Å². The molecule has 4 fully saturated rings. The number of hydrogen-bond donors (Lipinski definition) is 0. The summed E-state index contributed by atoms with van der Waals surface area (Å²) in [4.78, 5) is 62.1. The summed E-state index contributed by atoms with van der Waals surface area (Å²) in [5, 5.41) is 0.471. The minimum absolute atomic E-state index is 0.0526. The Balaban J connectivity index is 1.06. The minimum Gasteiger partial charge on any atom is -0.488 e. The van der Waals surface area contributed by atoms with Gasteiger partial charge in [-0.25, -0.2) is 9.59 Å². The second kappa shape index (κ2) is 16.9. The van der Waals surface area contributed by atoms with Gasteiger partial charge in [0.15, 0.2) is 0 Å². The fourth-order valence-electron chi connectivity index (χ4n) is 7.85. The van der Waals surface area contributed by atoms with Crippen LogP contribution in [0.2, 0.25) is 5.02 Å². The number of ether oxygens (including phenoxy) is 3. The highest BCUT2D eigenvalue weighted by atomic mass is 35.5. The lowest BCUT2D eigenvalue weighted by molar-refractivity contribution is 0.0238. The molecule has 0 spiro atoms. The van der Waals surface area contributed by atoms with Gasteiger partial charge in [-0.05, 0) is 102 Å². The number of carbonyl (C=O) groups excluding carboxylic acids is 4. The van der Waals surface area contributed by atoms with Crippen molar-refractivity contribution in [1.82, 2.24) is 19.6 Å². The van der Waals surface area contributed by atoms with Gasteiger partial charge < -0.3 is 38.7 Å². The Morgan fingerprint density at radius 2 is 1.18 bits per heavy atom. The molecule has 0 bridgehead atoms. The van der Waals surface area contributed by atoms with Gasteiger partial charge in [0.1, 0.15) is 23.1 Å². The summed E-state index contributed by atoms with van der Waals surface area (Å²) < 4.78 is 17.7. The van der Waals surface area contributed by atoms with Gasteiger partial charge in [-0.15, -0.1) is 0 Å². The molecule has 3 heterocycles. The SMILES string of the molecule is CC(C)(C)OC(=O)N1CCN(c2cc(Cl)cc(C(=O)N3CCN(C(=O)c4ccc(O[C@H]5CCN(C(=O)OC(C)(C)C)C5)c(C5CCCCC5)c4)CC3)c2)CC1. The molecule has 3 saturated heterocycles. The van der Waals surface area contributed by atoms with Gasteiger partial charge in [0.05, 0.1) is 6.54 Å². The lowest BCUT2D eigenvalue weighted by atomic mass is 9.83. The molecule has 0 radical (unpaired) electrons. The van der Waals surface area contributed by atoms with E-state index >= 15 is 0 Å². The van der Waals surface area contributed by atoms with Crippen molar-refractivity contribution in [2.24, 2.45) is 0 Å². The molecule has 300 valence electrons. The van der Waals surface area contributed by atoms with Crippen molar-refractivity contribution in [2.75, 3.05) is 70.3 Å². The fourth-order valence-corrected chi connectivity index (χ4v) is 8.08. The maximum absolute atomic E-state index is 13.9. The number of carbonyl (C=O) groups is 4. The molecule has 2 aromatic carbocycles. The second-order valence-corrected chi connectivity index (χ2v) is 17.7. The summed E-state index contributed by atoms with van der Waals surface area (Å²) in [6.07, 6.45) is 5.54. The fraction of sp³-hybridized carbons (Fsp3) is 0.619. The molecule has 12 nitrogen and oxygen atoms in total. The first-order valence-corrected chi connectivity index (χ1v) is 20.3. The molecule has 0 aromatic heterocycles. The molecule has 6 rings (SSSR count). The summed E-state index contributed by atoms with van der Waals surface area (Å²) >= 11 is 6.54. The first kappa shape index (κ1) is 40.5. The number of piperazine rings is 2. The van der Waals surface area contributed by atoms with Gasteiger partial charge in [-0.1, -0.05) is 30.9 Å². The monoisotopic (exact) mass is 779 g/mol. The van der Waals surface area contributed by atoms with Crippen LogP contribution in [0.5, 0.6) is 5.75 Å². The van der Waals surface area contributed by atoms with Gasteiger partial charge in [0, 0.05) is 87.2 Å². The zero-order valence-electron chi connectivity index (χ0n) is 33.4. The molecule has 1 aliphatic carbocycles. The zero-order valence-corrected chi connectivity index (χ0v) is 34.2. The third-order valence-corrected chi connectivity index (χ3v) is 10.9. The molecule has 4 amide bonds. The Labute approximate surface area is 331 Å². The Morgan fingerprint density at radius 3 is 1.78 bits per heavy atom. The van der Waals surface area contributed by atoms with Crippen LogP contribution in [0.25, 0.3) is 0 Å². The molecule has 13 heteroatoms. The number of halogens is 1. The van der Waals surface area contributed by atoms with Gasteiger partial charge in [0.2, 0.25) is 0 Å². The van der Waals surface area contributed by atoms with Crippen LogP contribution in [0.4, 0.5) is 15.3 Å². The van der Waals surface area contributed by atoms with E-state index in [-0.39, 0.29) is 30.1 Å². The van der Waals surface area contributed by atoms with Crippen LogP contribution in [0.3, 0.4) is 0 Å². The predicted octanol–water partition coefficient (Wildman–Crippen LogP) is 7.43. The quantitative estimate of drug-likeness (QED) is 0.298. The Morgan fingerprint density at radius 1 is 0.618 bits per heavy atom. The number of nitrogens with zero attached hydrogens (tertiary/aromatic N) is 5.